The minimum absolute atomic E-state index is 0.239. The Kier molecular flexibility index (Phi) is 6.96. The Labute approximate surface area is 172 Å². The van der Waals surface area contributed by atoms with Gasteiger partial charge in [-0.05, 0) is 42.7 Å². The first-order valence-electron chi connectivity index (χ1n) is 9.40. The molecule has 0 fully saturated rings. The van der Waals surface area contributed by atoms with Gasteiger partial charge in [0.05, 0.1) is 12.1 Å². The van der Waals surface area contributed by atoms with E-state index in [9.17, 15) is 0 Å². The minimum atomic E-state index is 0.239. The Morgan fingerprint density at radius 2 is 1.68 bits per heavy atom. The Morgan fingerprint density at radius 3 is 2.36 bits per heavy atom. The molecule has 0 aliphatic heterocycles. The van der Waals surface area contributed by atoms with Gasteiger partial charge in [0, 0.05) is 12.6 Å². The number of methoxy groups -OCH3 is 1. The van der Waals surface area contributed by atoms with Crippen LogP contribution in [0.15, 0.2) is 66.7 Å². The smallest absolute Gasteiger partial charge is 0.180 e. The summed E-state index contributed by atoms with van der Waals surface area (Å²) in [5, 5.41) is 4.07. The maximum atomic E-state index is 6.50. The van der Waals surface area contributed by atoms with E-state index in [0.29, 0.717) is 29.7 Å². The maximum absolute atomic E-state index is 6.50. The SMILES string of the molecule is COc1cc(CNC(C)c2ccccc2)cc(Cl)c1OCc1ccc(C)cc1. The molecule has 0 radical (unpaired) electrons. The number of hydrogen-bond donors (Lipinski definition) is 1. The summed E-state index contributed by atoms with van der Waals surface area (Å²) in [6.45, 7) is 5.34. The van der Waals surface area contributed by atoms with Gasteiger partial charge < -0.3 is 14.8 Å². The van der Waals surface area contributed by atoms with Crippen LogP contribution in [0.1, 0.15) is 35.2 Å². The fourth-order valence-corrected chi connectivity index (χ4v) is 3.27. The molecule has 3 nitrogen and oxygen atoms in total. The van der Waals surface area contributed by atoms with Crippen LogP contribution in [0.4, 0.5) is 0 Å². The van der Waals surface area contributed by atoms with Crippen LogP contribution < -0.4 is 14.8 Å². The molecule has 1 unspecified atom stereocenters. The maximum Gasteiger partial charge on any atom is 0.180 e. The Balaban J connectivity index is 1.67. The number of ether oxygens (including phenoxy) is 2. The van der Waals surface area contributed by atoms with E-state index < -0.39 is 0 Å². The van der Waals surface area contributed by atoms with Crippen molar-refractivity contribution in [2.75, 3.05) is 7.11 Å². The average molecular weight is 396 g/mol. The highest BCUT2D eigenvalue weighted by Crippen LogP contribution is 2.37. The summed E-state index contributed by atoms with van der Waals surface area (Å²) in [4.78, 5) is 0. The highest BCUT2D eigenvalue weighted by atomic mass is 35.5. The van der Waals surface area contributed by atoms with E-state index in [2.05, 4.69) is 55.6 Å². The predicted octanol–water partition coefficient (Wildman–Crippen LogP) is 6.09. The van der Waals surface area contributed by atoms with Crippen molar-refractivity contribution in [3.63, 3.8) is 0 Å². The second kappa shape index (κ2) is 9.63. The van der Waals surface area contributed by atoms with Crippen LogP contribution in [0.2, 0.25) is 5.02 Å². The lowest BCUT2D eigenvalue weighted by Gasteiger charge is -2.17. The van der Waals surface area contributed by atoms with Crippen molar-refractivity contribution < 1.29 is 9.47 Å². The highest BCUT2D eigenvalue weighted by molar-refractivity contribution is 6.32. The van der Waals surface area contributed by atoms with Crippen molar-refractivity contribution in [2.24, 2.45) is 0 Å². The third-order valence-electron chi connectivity index (χ3n) is 4.70. The van der Waals surface area contributed by atoms with Gasteiger partial charge in [-0.1, -0.05) is 71.8 Å². The Hall–Kier alpha value is -2.49. The molecule has 4 heteroatoms. The molecule has 0 amide bonds. The Morgan fingerprint density at radius 1 is 0.964 bits per heavy atom. The molecule has 28 heavy (non-hydrogen) atoms. The van der Waals surface area contributed by atoms with Crippen molar-refractivity contribution >= 4 is 11.6 Å². The molecule has 3 rings (SSSR count). The van der Waals surface area contributed by atoms with Crippen LogP contribution >= 0.6 is 11.6 Å². The van der Waals surface area contributed by atoms with Crippen molar-refractivity contribution in [1.29, 1.82) is 0 Å². The van der Waals surface area contributed by atoms with Crippen LogP contribution in [0.25, 0.3) is 0 Å². The van der Waals surface area contributed by atoms with Crippen LogP contribution in [-0.2, 0) is 13.2 Å². The van der Waals surface area contributed by atoms with E-state index in [1.807, 2.05) is 30.3 Å². The van der Waals surface area contributed by atoms with Gasteiger partial charge in [-0.25, -0.2) is 0 Å². The van der Waals surface area contributed by atoms with Gasteiger partial charge in [0.25, 0.3) is 0 Å². The second-order valence-corrected chi connectivity index (χ2v) is 7.30. The number of halogens is 1. The predicted molar refractivity (Wildman–Crippen MR) is 115 cm³/mol. The van der Waals surface area contributed by atoms with E-state index in [1.54, 1.807) is 7.11 Å². The summed E-state index contributed by atoms with van der Waals surface area (Å²) < 4.78 is 11.5. The highest BCUT2D eigenvalue weighted by Gasteiger charge is 2.13. The summed E-state index contributed by atoms with van der Waals surface area (Å²) in [6.07, 6.45) is 0. The van der Waals surface area contributed by atoms with Crippen LogP contribution in [0.3, 0.4) is 0 Å². The average Bonchev–Trinajstić information content (AvgIpc) is 2.72. The zero-order valence-corrected chi connectivity index (χ0v) is 17.3. The summed E-state index contributed by atoms with van der Waals surface area (Å²) in [5.74, 6) is 1.22. The number of hydrogen-bond acceptors (Lipinski definition) is 3. The second-order valence-electron chi connectivity index (χ2n) is 6.90. The van der Waals surface area contributed by atoms with Gasteiger partial charge in [0.2, 0.25) is 0 Å². The third-order valence-corrected chi connectivity index (χ3v) is 4.99. The molecule has 0 spiro atoms. The van der Waals surface area contributed by atoms with Gasteiger partial charge in [-0.2, -0.15) is 0 Å². The molecule has 0 aliphatic rings. The molecule has 0 saturated heterocycles. The lowest BCUT2D eigenvalue weighted by molar-refractivity contribution is 0.284. The number of nitrogens with one attached hydrogen (secondary N) is 1. The van der Waals surface area contributed by atoms with Crippen molar-refractivity contribution in [3.8, 4) is 11.5 Å². The molecule has 0 heterocycles. The van der Waals surface area contributed by atoms with Crippen LogP contribution in [0, 0.1) is 6.92 Å². The van der Waals surface area contributed by atoms with E-state index >= 15 is 0 Å². The first kappa shape index (κ1) is 20.2. The van der Waals surface area contributed by atoms with Crippen molar-refractivity contribution in [3.05, 3.63) is 94.0 Å². The number of aryl methyl sites for hydroxylation is 1. The summed E-state index contributed by atoms with van der Waals surface area (Å²) >= 11 is 6.50. The Bertz CT molecular complexity index is 894. The first-order valence-corrected chi connectivity index (χ1v) is 9.77. The molecule has 0 aliphatic carbocycles. The van der Waals surface area contributed by atoms with E-state index in [4.69, 9.17) is 21.1 Å². The minimum Gasteiger partial charge on any atom is -0.493 e. The number of benzene rings is 3. The topological polar surface area (TPSA) is 30.5 Å². The molecule has 3 aromatic rings. The quantitative estimate of drug-likeness (QED) is 0.500. The molecule has 146 valence electrons. The van der Waals surface area contributed by atoms with Gasteiger partial charge in [-0.3, -0.25) is 0 Å². The van der Waals surface area contributed by atoms with Crippen molar-refractivity contribution in [2.45, 2.75) is 33.0 Å². The lowest BCUT2D eigenvalue weighted by atomic mass is 10.1. The zero-order valence-electron chi connectivity index (χ0n) is 16.5. The molecular formula is C24H26ClNO2. The molecular weight excluding hydrogens is 370 g/mol. The van der Waals surface area contributed by atoms with Gasteiger partial charge in [-0.15, -0.1) is 0 Å². The first-order chi connectivity index (χ1) is 13.6. The van der Waals surface area contributed by atoms with E-state index in [-0.39, 0.29) is 6.04 Å². The monoisotopic (exact) mass is 395 g/mol. The zero-order chi connectivity index (χ0) is 19.9. The lowest BCUT2D eigenvalue weighted by Crippen LogP contribution is -2.18. The van der Waals surface area contributed by atoms with Crippen LogP contribution in [0.5, 0.6) is 11.5 Å². The third kappa shape index (κ3) is 5.28. The van der Waals surface area contributed by atoms with Crippen molar-refractivity contribution in [1.82, 2.24) is 5.32 Å². The van der Waals surface area contributed by atoms with Gasteiger partial charge in [0.15, 0.2) is 11.5 Å². The van der Waals surface area contributed by atoms with Crippen LogP contribution in [-0.4, -0.2) is 7.11 Å². The summed E-state index contributed by atoms with van der Waals surface area (Å²) in [5.41, 5.74) is 4.61. The molecule has 1 atom stereocenters. The largest absolute Gasteiger partial charge is 0.493 e. The standard InChI is InChI=1S/C24H26ClNO2/c1-17-9-11-19(12-10-17)16-28-24-22(25)13-20(14-23(24)27-3)15-26-18(2)21-7-5-4-6-8-21/h4-14,18,26H,15-16H2,1-3H3. The fourth-order valence-electron chi connectivity index (χ4n) is 2.99. The molecule has 3 aromatic carbocycles. The van der Waals surface area contributed by atoms with E-state index in [1.165, 1.54) is 11.1 Å². The summed E-state index contributed by atoms with van der Waals surface area (Å²) in [7, 11) is 1.63. The fraction of sp³-hybridized carbons (Fsp3) is 0.250. The molecule has 1 N–H and O–H groups in total. The molecule has 0 bridgehead atoms. The molecule has 0 aromatic heterocycles. The van der Waals surface area contributed by atoms with E-state index in [0.717, 1.165) is 11.1 Å². The van der Waals surface area contributed by atoms with Gasteiger partial charge >= 0.3 is 0 Å². The normalized spacial score (nSPS) is 11.9. The van der Waals surface area contributed by atoms with Gasteiger partial charge in [0.1, 0.15) is 6.61 Å². The molecule has 0 saturated carbocycles. The number of rotatable bonds is 8. The summed E-state index contributed by atoms with van der Waals surface area (Å²) in [6, 6.07) is 22.7.